The van der Waals surface area contributed by atoms with Crippen LogP contribution in [0.4, 0.5) is 10.5 Å². The minimum Gasteiger partial charge on any atom is -0.476 e. The molecule has 1 aromatic carbocycles. The molecule has 140 valence electrons. The van der Waals surface area contributed by atoms with Gasteiger partial charge in [-0.3, -0.25) is 14.8 Å². The number of carboxylic acid groups (broad SMARTS) is 1. The maximum atomic E-state index is 13.0. The van der Waals surface area contributed by atoms with Crippen LogP contribution in [0.25, 0.3) is 0 Å². The van der Waals surface area contributed by atoms with E-state index >= 15 is 0 Å². The first-order valence-corrected chi connectivity index (χ1v) is 8.70. The Hall–Kier alpha value is -3.36. The van der Waals surface area contributed by atoms with Crippen LogP contribution in [0.1, 0.15) is 37.7 Å². The largest absolute Gasteiger partial charge is 0.476 e. The molecule has 3 heterocycles. The van der Waals surface area contributed by atoms with Crippen LogP contribution < -0.4 is 10.2 Å². The molecule has 0 unspecified atom stereocenters. The minimum atomic E-state index is -1.11. The van der Waals surface area contributed by atoms with Crippen LogP contribution in [0, 0.1) is 6.92 Å². The molecule has 0 spiro atoms. The lowest BCUT2D eigenvalue weighted by Crippen LogP contribution is -2.36. The van der Waals surface area contributed by atoms with E-state index in [0.29, 0.717) is 42.9 Å². The molecule has 3 N–H and O–H groups in total. The third-order valence-corrected chi connectivity index (χ3v) is 5.03. The smallest absolute Gasteiger partial charge is 0.356 e. The van der Waals surface area contributed by atoms with Crippen molar-refractivity contribution < 1.29 is 19.5 Å². The normalized spacial score (nSPS) is 16.3. The number of H-pyrrole nitrogens is 1. The van der Waals surface area contributed by atoms with Crippen molar-refractivity contribution >= 4 is 23.6 Å². The molecule has 9 nitrogen and oxygen atoms in total. The maximum Gasteiger partial charge on any atom is 0.356 e. The summed E-state index contributed by atoms with van der Waals surface area (Å²) in [5, 5.41) is 18.6. The highest BCUT2D eigenvalue weighted by Crippen LogP contribution is 2.26. The molecular formula is C18H19N5O4. The highest BCUT2D eigenvalue weighted by Gasteiger charge is 2.29. The number of hydrogen-bond donors (Lipinski definition) is 3. The molecule has 2 aromatic rings. The number of aryl methyl sites for hydroxylation is 1. The van der Waals surface area contributed by atoms with Crippen LogP contribution in [0.3, 0.4) is 0 Å². The quantitative estimate of drug-likeness (QED) is 0.750. The van der Waals surface area contributed by atoms with Crippen LogP contribution in [0.15, 0.2) is 18.2 Å². The molecule has 4 rings (SSSR count). The molecule has 0 bridgehead atoms. The highest BCUT2D eigenvalue weighted by molar-refractivity contribution is 5.99. The van der Waals surface area contributed by atoms with Gasteiger partial charge in [0.05, 0.1) is 6.54 Å². The van der Waals surface area contributed by atoms with E-state index in [-0.39, 0.29) is 24.2 Å². The third-order valence-electron chi connectivity index (χ3n) is 5.03. The average Bonchev–Trinajstić information content (AvgIpc) is 3.27. The number of aromatic amines is 1. The fourth-order valence-corrected chi connectivity index (χ4v) is 3.56. The van der Waals surface area contributed by atoms with Gasteiger partial charge in [-0.15, -0.1) is 0 Å². The zero-order chi connectivity index (χ0) is 19.1. The fraction of sp³-hybridized carbons (Fsp3) is 0.333. The van der Waals surface area contributed by atoms with Crippen LogP contribution in [-0.4, -0.2) is 57.7 Å². The molecule has 0 saturated carbocycles. The number of nitrogens with zero attached hydrogens (tertiary/aromatic N) is 3. The van der Waals surface area contributed by atoms with Crippen molar-refractivity contribution in [2.24, 2.45) is 0 Å². The molecule has 0 aliphatic carbocycles. The average molecular weight is 369 g/mol. The Balaban J connectivity index is 1.61. The first-order valence-electron chi connectivity index (χ1n) is 8.70. The number of rotatable bonds is 3. The lowest BCUT2D eigenvalue weighted by Gasteiger charge is -2.27. The number of urea groups is 1. The number of hydrogen-bond acceptors (Lipinski definition) is 4. The van der Waals surface area contributed by atoms with E-state index in [1.54, 1.807) is 21.9 Å². The van der Waals surface area contributed by atoms with E-state index in [2.05, 4.69) is 15.5 Å². The Morgan fingerprint density at radius 3 is 2.78 bits per heavy atom. The molecule has 0 radical (unpaired) electrons. The summed E-state index contributed by atoms with van der Waals surface area (Å²) in [6, 6.07) is 5.11. The molecule has 3 amide bonds. The summed E-state index contributed by atoms with van der Waals surface area (Å²) >= 11 is 0. The summed E-state index contributed by atoms with van der Waals surface area (Å²) < 4.78 is 0. The van der Waals surface area contributed by atoms with Gasteiger partial charge in [-0.2, -0.15) is 5.10 Å². The first-order chi connectivity index (χ1) is 13.0. The molecule has 0 atom stereocenters. The summed E-state index contributed by atoms with van der Waals surface area (Å²) in [5.74, 6) is -1.31. The summed E-state index contributed by atoms with van der Waals surface area (Å²) in [6.07, 6.45) is 0.522. The van der Waals surface area contributed by atoms with Crippen molar-refractivity contribution in [1.82, 2.24) is 20.4 Å². The predicted molar refractivity (Wildman–Crippen MR) is 95.9 cm³/mol. The predicted octanol–water partition coefficient (Wildman–Crippen LogP) is 1.14. The van der Waals surface area contributed by atoms with Gasteiger partial charge in [0.1, 0.15) is 0 Å². The number of amides is 3. The van der Waals surface area contributed by atoms with Gasteiger partial charge in [-0.05, 0) is 24.6 Å². The third kappa shape index (κ3) is 2.90. The molecule has 9 heteroatoms. The second-order valence-corrected chi connectivity index (χ2v) is 6.70. The first kappa shape index (κ1) is 17.1. The van der Waals surface area contributed by atoms with Gasteiger partial charge in [0, 0.05) is 48.6 Å². The lowest BCUT2D eigenvalue weighted by atomic mass is 10.0. The van der Waals surface area contributed by atoms with Crippen molar-refractivity contribution in [3.8, 4) is 0 Å². The second kappa shape index (κ2) is 6.42. The summed E-state index contributed by atoms with van der Waals surface area (Å²) in [4.78, 5) is 39.5. The number of carbonyl (C=O) groups excluding carboxylic acids is 2. The van der Waals surface area contributed by atoms with Crippen LogP contribution >= 0.6 is 0 Å². The number of benzene rings is 1. The Bertz CT molecular complexity index is 951. The van der Waals surface area contributed by atoms with Crippen molar-refractivity contribution in [3.05, 3.63) is 46.3 Å². The summed E-state index contributed by atoms with van der Waals surface area (Å²) in [7, 11) is 0. The maximum absolute atomic E-state index is 13.0. The topological polar surface area (TPSA) is 119 Å². The number of carboxylic acids is 1. The van der Waals surface area contributed by atoms with Gasteiger partial charge in [0.2, 0.25) is 0 Å². The van der Waals surface area contributed by atoms with Gasteiger partial charge in [-0.25, -0.2) is 9.59 Å². The monoisotopic (exact) mass is 369 g/mol. The van der Waals surface area contributed by atoms with Crippen molar-refractivity contribution in [1.29, 1.82) is 0 Å². The van der Waals surface area contributed by atoms with E-state index in [4.69, 9.17) is 0 Å². The fourth-order valence-electron chi connectivity index (χ4n) is 3.56. The number of nitrogens with one attached hydrogen (secondary N) is 2. The zero-order valence-electron chi connectivity index (χ0n) is 14.8. The van der Waals surface area contributed by atoms with Crippen molar-refractivity contribution in [3.63, 3.8) is 0 Å². The number of aromatic nitrogens is 2. The molecule has 1 aromatic heterocycles. The number of anilines is 1. The van der Waals surface area contributed by atoms with E-state index in [1.807, 2.05) is 13.0 Å². The molecule has 1 saturated heterocycles. The Kier molecular flexibility index (Phi) is 4.06. The van der Waals surface area contributed by atoms with Gasteiger partial charge in [0.15, 0.2) is 5.69 Å². The van der Waals surface area contributed by atoms with E-state index in [9.17, 15) is 19.5 Å². The van der Waals surface area contributed by atoms with Gasteiger partial charge >= 0.3 is 12.0 Å². The highest BCUT2D eigenvalue weighted by atomic mass is 16.4. The lowest BCUT2D eigenvalue weighted by molar-refractivity contribution is 0.0674. The van der Waals surface area contributed by atoms with Crippen molar-refractivity contribution in [2.45, 2.75) is 19.9 Å². The zero-order valence-corrected chi connectivity index (χ0v) is 14.8. The van der Waals surface area contributed by atoms with Gasteiger partial charge < -0.3 is 15.3 Å². The standard InChI is InChI=1S/C18H19N5O4/c1-10-2-3-11(8-14(10)23-7-5-19-18(23)27)16(24)22-6-4-13-12(9-22)15(17(25)26)21-20-13/h2-3,8H,4-7,9H2,1H3,(H,19,27)(H,20,21)(H,25,26). The molecule has 2 aliphatic heterocycles. The molecule has 1 fully saturated rings. The number of fused-ring (bicyclic) bond motifs is 1. The van der Waals surface area contributed by atoms with Crippen LogP contribution in [0.5, 0.6) is 0 Å². The Morgan fingerprint density at radius 1 is 1.26 bits per heavy atom. The second-order valence-electron chi connectivity index (χ2n) is 6.70. The SMILES string of the molecule is Cc1ccc(C(=O)N2CCc3[nH]nc(C(=O)O)c3C2)cc1N1CCNC1=O. The molecule has 2 aliphatic rings. The van der Waals surface area contributed by atoms with Crippen LogP contribution in [0.2, 0.25) is 0 Å². The van der Waals surface area contributed by atoms with E-state index < -0.39 is 5.97 Å². The van der Waals surface area contributed by atoms with Crippen molar-refractivity contribution in [2.75, 3.05) is 24.5 Å². The number of aromatic carboxylic acids is 1. The van der Waals surface area contributed by atoms with E-state index in [0.717, 1.165) is 11.3 Å². The van der Waals surface area contributed by atoms with Crippen LogP contribution in [-0.2, 0) is 13.0 Å². The Labute approximate surface area is 155 Å². The number of carbonyl (C=O) groups is 3. The van der Waals surface area contributed by atoms with Gasteiger partial charge in [0.25, 0.3) is 5.91 Å². The van der Waals surface area contributed by atoms with E-state index in [1.165, 1.54) is 0 Å². The minimum absolute atomic E-state index is 0.0409. The molecular weight excluding hydrogens is 350 g/mol. The Morgan fingerprint density at radius 2 is 2.07 bits per heavy atom. The molecule has 27 heavy (non-hydrogen) atoms. The summed E-state index contributed by atoms with van der Waals surface area (Å²) in [5.41, 5.74) is 3.36. The summed E-state index contributed by atoms with van der Waals surface area (Å²) in [6.45, 7) is 3.69. The van der Waals surface area contributed by atoms with Gasteiger partial charge in [-0.1, -0.05) is 6.07 Å².